The van der Waals surface area contributed by atoms with E-state index < -0.39 is 34.2 Å². The molecule has 1 fully saturated rings. The van der Waals surface area contributed by atoms with E-state index in [1.54, 1.807) is 4.90 Å². The first-order valence-corrected chi connectivity index (χ1v) is 12.0. The molecular weight excluding hydrogens is 443 g/mol. The average Bonchev–Trinajstić information content (AvgIpc) is 2.72. The third kappa shape index (κ3) is 5.35. The van der Waals surface area contributed by atoms with Crippen molar-refractivity contribution in [1.29, 1.82) is 0 Å². The lowest BCUT2D eigenvalue weighted by atomic mass is 10.1. The number of anilines is 2. The van der Waals surface area contributed by atoms with Crippen molar-refractivity contribution in [2.75, 3.05) is 48.2 Å². The van der Waals surface area contributed by atoms with E-state index in [0.717, 1.165) is 34.4 Å². The summed E-state index contributed by atoms with van der Waals surface area (Å²) in [5, 5.41) is 0. The van der Waals surface area contributed by atoms with Crippen LogP contribution in [0.2, 0.25) is 0 Å². The first-order chi connectivity index (χ1) is 14.9. The van der Waals surface area contributed by atoms with Crippen LogP contribution in [0.5, 0.6) is 0 Å². The molecule has 0 spiro atoms. The molecule has 32 heavy (non-hydrogen) atoms. The number of aryl methyl sites for hydroxylation is 1. The van der Waals surface area contributed by atoms with Crippen LogP contribution in [0.3, 0.4) is 0 Å². The Hall–Kier alpha value is -2.75. The van der Waals surface area contributed by atoms with Crippen molar-refractivity contribution in [3.8, 4) is 0 Å². The van der Waals surface area contributed by atoms with Crippen LogP contribution in [0.15, 0.2) is 42.5 Å². The zero-order chi connectivity index (χ0) is 23.7. The Bertz CT molecular complexity index is 1100. The van der Waals surface area contributed by atoms with Crippen molar-refractivity contribution in [3.05, 3.63) is 59.2 Å². The molecule has 174 valence electrons. The molecule has 10 heteroatoms. The number of rotatable bonds is 5. The van der Waals surface area contributed by atoms with Crippen molar-refractivity contribution in [3.63, 3.8) is 0 Å². The number of sulfonamides is 1. The summed E-state index contributed by atoms with van der Waals surface area (Å²) in [4.78, 5) is 16.6. The topological polar surface area (TPSA) is 60.9 Å². The van der Waals surface area contributed by atoms with Crippen molar-refractivity contribution in [1.82, 2.24) is 4.90 Å². The molecule has 1 amide bonds. The van der Waals surface area contributed by atoms with Crippen LogP contribution in [0, 0.1) is 13.8 Å². The van der Waals surface area contributed by atoms with Gasteiger partial charge in [0.2, 0.25) is 15.9 Å². The number of carbonyl (C=O) groups excluding carboxylic acids is 1. The van der Waals surface area contributed by atoms with Gasteiger partial charge in [-0.05, 0) is 49.2 Å². The molecular formula is C22H26F3N3O3S. The third-order valence-corrected chi connectivity index (χ3v) is 6.83. The van der Waals surface area contributed by atoms with E-state index >= 15 is 0 Å². The van der Waals surface area contributed by atoms with Crippen LogP contribution in [-0.2, 0) is 21.0 Å². The van der Waals surface area contributed by atoms with Crippen LogP contribution in [-0.4, -0.2) is 58.2 Å². The maximum absolute atomic E-state index is 13.1. The molecule has 1 aliphatic heterocycles. The van der Waals surface area contributed by atoms with Gasteiger partial charge in [0.15, 0.2) is 0 Å². The number of hydrogen-bond acceptors (Lipinski definition) is 4. The summed E-state index contributed by atoms with van der Waals surface area (Å²) >= 11 is 0. The third-order valence-electron chi connectivity index (χ3n) is 5.69. The molecule has 3 rings (SSSR count). The fourth-order valence-electron chi connectivity index (χ4n) is 3.74. The average molecular weight is 470 g/mol. The second-order valence-corrected chi connectivity index (χ2v) is 9.81. The van der Waals surface area contributed by atoms with Gasteiger partial charge in [-0.15, -0.1) is 0 Å². The molecule has 1 saturated heterocycles. The first-order valence-electron chi connectivity index (χ1n) is 10.1. The van der Waals surface area contributed by atoms with Crippen LogP contribution in [0.1, 0.15) is 16.7 Å². The maximum atomic E-state index is 13.1. The van der Waals surface area contributed by atoms with Crippen LogP contribution in [0.25, 0.3) is 0 Å². The van der Waals surface area contributed by atoms with Crippen molar-refractivity contribution in [2.24, 2.45) is 0 Å². The van der Waals surface area contributed by atoms with Gasteiger partial charge in [-0.3, -0.25) is 9.10 Å². The highest BCUT2D eigenvalue weighted by Gasteiger charge is 2.32. The van der Waals surface area contributed by atoms with Gasteiger partial charge in [0, 0.05) is 31.9 Å². The fraction of sp³-hybridized carbons (Fsp3) is 0.409. The summed E-state index contributed by atoms with van der Waals surface area (Å²) < 4.78 is 64.5. The number of halogens is 3. The SMILES string of the molecule is Cc1cccc(N2CCN(C(=O)CN(c3cccc(C(F)(F)F)c3)S(C)(=O)=O)CC2)c1C. The van der Waals surface area contributed by atoms with E-state index in [-0.39, 0.29) is 5.69 Å². The van der Waals surface area contributed by atoms with Gasteiger partial charge in [-0.2, -0.15) is 13.2 Å². The van der Waals surface area contributed by atoms with Gasteiger partial charge in [-0.25, -0.2) is 8.42 Å². The Morgan fingerprint density at radius 2 is 1.66 bits per heavy atom. The smallest absolute Gasteiger partial charge is 0.368 e. The molecule has 6 nitrogen and oxygen atoms in total. The van der Waals surface area contributed by atoms with E-state index in [9.17, 15) is 26.4 Å². The maximum Gasteiger partial charge on any atom is 0.416 e. The van der Waals surface area contributed by atoms with Crippen molar-refractivity contribution < 1.29 is 26.4 Å². The first kappa shape index (κ1) is 23.9. The van der Waals surface area contributed by atoms with Crippen molar-refractivity contribution in [2.45, 2.75) is 20.0 Å². The van der Waals surface area contributed by atoms with Crippen LogP contribution < -0.4 is 9.21 Å². The summed E-state index contributed by atoms with van der Waals surface area (Å²) in [6.45, 7) is 5.48. The Labute approximate surface area is 186 Å². The summed E-state index contributed by atoms with van der Waals surface area (Å²) in [7, 11) is -3.97. The minimum Gasteiger partial charge on any atom is -0.368 e. The van der Waals surface area contributed by atoms with E-state index in [0.29, 0.717) is 26.2 Å². The van der Waals surface area contributed by atoms with Gasteiger partial charge in [-0.1, -0.05) is 18.2 Å². The summed E-state index contributed by atoms with van der Waals surface area (Å²) in [6.07, 6.45) is -3.74. The lowest BCUT2D eigenvalue weighted by Gasteiger charge is -2.37. The highest BCUT2D eigenvalue weighted by molar-refractivity contribution is 7.92. The molecule has 0 unspecified atom stereocenters. The number of alkyl halides is 3. The van der Waals surface area contributed by atoms with Gasteiger partial charge in [0.05, 0.1) is 17.5 Å². The Morgan fingerprint density at radius 1 is 1.03 bits per heavy atom. The predicted octanol–water partition coefficient (Wildman–Crippen LogP) is 3.44. The fourth-order valence-corrected chi connectivity index (χ4v) is 4.58. The molecule has 0 aliphatic carbocycles. The predicted molar refractivity (Wildman–Crippen MR) is 118 cm³/mol. The lowest BCUT2D eigenvalue weighted by Crippen LogP contribution is -2.52. The van der Waals surface area contributed by atoms with E-state index in [1.807, 2.05) is 32.0 Å². The highest BCUT2D eigenvalue weighted by Crippen LogP contribution is 2.32. The Kier molecular flexibility index (Phi) is 6.73. The molecule has 1 aliphatic rings. The zero-order valence-electron chi connectivity index (χ0n) is 18.2. The quantitative estimate of drug-likeness (QED) is 0.673. The Balaban J connectivity index is 1.73. The summed E-state index contributed by atoms with van der Waals surface area (Å²) in [5.74, 6) is -0.451. The summed E-state index contributed by atoms with van der Waals surface area (Å²) in [5.41, 5.74) is 2.27. The second kappa shape index (κ2) is 9.01. The van der Waals surface area contributed by atoms with E-state index in [1.165, 1.54) is 17.2 Å². The zero-order valence-corrected chi connectivity index (χ0v) is 19.0. The number of nitrogens with zero attached hydrogens (tertiary/aromatic N) is 3. The number of hydrogen-bond donors (Lipinski definition) is 0. The van der Waals surface area contributed by atoms with E-state index in [4.69, 9.17) is 0 Å². The van der Waals surface area contributed by atoms with Gasteiger partial charge in [0.1, 0.15) is 6.54 Å². The minimum absolute atomic E-state index is 0.190. The molecule has 1 heterocycles. The normalized spacial score (nSPS) is 15.1. The second-order valence-electron chi connectivity index (χ2n) is 7.90. The number of benzene rings is 2. The van der Waals surface area contributed by atoms with E-state index in [2.05, 4.69) is 4.90 Å². The van der Waals surface area contributed by atoms with Crippen LogP contribution >= 0.6 is 0 Å². The lowest BCUT2D eigenvalue weighted by molar-refractivity contribution is -0.137. The van der Waals surface area contributed by atoms with Gasteiger partial charge >= 0.3 is 6.18 Å². The monoisotopic (exact) mass is 469 g/mol. The van der Waals surface area contributed by atoms with Gasteiger partial charge in [0.25, 0.3) is 0 Å². The molecule has 0 radical (unpaired) electrons. The standard InChI is InChI=1S/C22H26F3N3O3S/c1-16-6-4-9-20(17(16)2)26-10-12-27(13-11-26)21(29)15-28(32(3,30)31)19-8-5-7-18(14-19)22(23,24)25/h4-9,14H,10-13,15H2,1-3H3. The number of amides is 1. The molecule has 2 aromatic rings. The molecule has 2 aromatic carbocycles. The summed E-state index contributed by atoms with van der Waals surface area (Å²) in [6, 6.07) is 10.0. The van der Waals surface area contributed by atoms with Crippen molar-refractivity contribution >= 4 is 27.3 Å². The number of piperazine rings is 1. The molecule has 0 atom stereocenters. The Morgan fingerprint density at radius 3 is 2.25 bits per heavy atom. The minimum atomic E-state index is -4.62. The molecule has 0 aromatic heterocycles. The van der Waals surface area contributed by atoms with Gasteiger partial charge < -0.3 is 9.80 Å². The molecule has 0 bridgehead atoms. The van der Waals surface area contributed by atoms with Crippen LogP contribution in [0.4, 0.5) is 24.5 Å². The molecule has 0 N–H and O–H groups in total. The highest BCUT2D eigenvalue weighted by atomic mass is 32.2. The largest absolute Gasteiger partial charge is 0.416 e. The number of carbonyl (C=O) groups is 1. The molecule has 0 saturated carbocycles.